The van der Waals surface area contributed by atoms with Gasteiger partial charge < -0.3 is 19.5 Å². The van der Waals surface area contributed by atoms with Gasteiger partial charge in [-0.05, 0) is 48.5 Å². The molecule has 3 aromatic carbocycles. The van der Waals surface area contributed by atoms with E-state index in [1.54, 1.807) is 48.5 Å². The molecule has 0 bridgehead atoms. The molecule has 8 nitrogen and oxygen atoms in total. The predicted octanol–water partition coefficient (Wildman–Crippen LogP) is 4.16. The van der Waals surface area contributed by atoms with Gasteiger partial charge in [0, 0.05) is 16.8 Å². The minimum atomic E-state index is -0.976. The van der Waals surface area contributed by atoms with Gasteiger partial charge in [0.25, 0.3) is 0 Å². The van der Waals surface area contributed by atoms with Crippen LogP contribution in [0.5, 0.6) is 17.2 Å². The quantitative estimate of drug-likeness (QED) is 0.283. The fourth-order valence-electron chi connectivity index (χ4n) is 2.84. The van der Waals surface area contributed by atoms with Crippen molar-refractivity contribution in [3.8, 4) is 17.2 Å². The van der Waals surface area contributed by atoms with Crippen LogP contribution in [0.1, 0.15) is 11.1 Å². The minimum Gasteiger partial charge on any atom is -0.497 e. The van der Waals surface area contributed by atoms with Crippen molar-refractivity contribution >= 4 is 35.3 Å². The number of carbonyl (C=O) groups is 2. The monoisotopic (exact) mass is 485 g/mol. The molecule has 0 radical (unpaired) electrons. The van der Waals surface area contributed by atoms with Crippen LogP contribution in [0.3, 0.4) is 0 Å². The molecule has 0 aliphatic heterocycles. The van der Waals surface area contributed by atoms with Gasteiger partial charge in [-0.25, -0.2) is 9.82 Å². The second kappa shape index (κ2) is 11.7. The van der Waals surface area contributed by atoms with Crippen LogP contribution in [-0.4, -0.2) is 32.2 Å². The van der Waals surface area contributed by atoms with E-state index in [4.69, 9.17) is 25.8 Å². The summed E-state index contributed by atoms with van der Waals surface area (Å²) in [6.07, 6.45) is 1.28. The number of nitrogens with zero attached hydrogens (tertiary/aromatic N) is 1. The van der Waals surface area contributed by atoms with Gasteiger partial charge in [0.15, 0.2) is 11.5 Å². The smallest absolute Gasteiger partial charge is 0.329 e. The Morgan fingerprint density at radius 1 is 1.00 bits per heavy atom. The molecule has 0 aromatic heterocycles. The first-order chi connectivity index (χ1) is 16.4. The number of hydrogen-bond donors (Lipinski definition) is 2. The number of para-hydroxylation sites is 1. The number of methoxy groups -OCH3 is 2. The van der Waals surface area contributed by atoms with Gasteiger partial charge in [-0.1, -0.05) is 23.7 Å². The van der Waals surface area contributed by atoms with Crippen LogP contribution in [0.15, 0.2) is 65.8 Å². The fraction of sp³-hybridized carbons (Fsp3) is 0.125. The van der Waals surface area contributed by atoms with Crippen molar-refractivity contribution in [2.24, 2.45) is 5.10 Å². The Kier molecular flexibility index (Phi) is 8.42. The number of anilines is 1. The van der Waals surface area contributed by atoms with Crippen molar-refractivity contribution in [2.45, 2.75) is 6.61 Å². The highest BCUT2D eigenvalue weighted by Gasteiger charge is 2.15. The molecule has 0 aliphatic rings. The highest BCUT2D eigenvalue weighted by molar-refractivity contribution is 6.39. The third-order valence-electron chi connectivity index (χ3n) is 4.58. The van der Waals surface area contributed by atoms with Crippen molar-refractivity contribution in [2.75, 3.05) is 19.5 Å². The lowest BCUT2D eigenvalue weighted by atomic mass is 10.2. The summed E-state index contributed by atoms with van der Waals surface area (Å²) < 4.78 is 30.2. The van der Waals surface area contributed by atoms with E-state index >= 15 is 0 Å². The molecule has 3 rings (SSSR count). The van der Waals surface area contributed by atoms with Gasteiger partial charge in [-0.3, -0.25) is 9.59 Å². The molecule has 0 aliphatic carbocycles. The third-order valence-corrected chi connectivity index (χ3v) is 4.93. The Hall–Kier alpha value is -4.11. The normalized spacial score (nSPS) is 10.6. The number of nitrogens with one attached hydrogen (secondary N) is 2. The maximum Gasteiger partial charge on any atom is 0.329 e. The number of amides is 2. The first-order valence-corrected chi connectivity index (χ1v) is 10.3. The zero-order chi connectivity index (χ0) is 24.5. The number of benzene rings is 3. The van der Waals surface area contributed by atoms with Crippen LogP contribution in [0, 0.1) is 5.82 Å². The van der Waals surface area contributed by atoms with Crippen LogP contribution >= 0.6 is 11.6 Å². The first kappa shape index (κ1) is 24.5. The van der Waals surface area contributed by atoms with Crippen molar-refractivity contribution < 1.29 is 28.2 Å². The lowest BCUT2D eigenvalue weighted by molar-refractivity contribution is -0.136. The summed E-state index contributed by atoms with van der Waals surface area (Å²) in [5, 5.41) is 6.49. The van der Waals surface area contributed by atoms with E-state index in [1.165, 1.54) is 32.6 Å². The number of halogens is 2. The summed E-state index contributed by atoms with van der Waals surface area (Å²) in [4.78, 5) is 24.2. The summed E-state index contributed by atoms with van der Waals surface area (Å²) in [5.74, 6) is -1.16. The van der Waals surface area contributed by atoms with E-state index in [2.05, 4.69) is 15.8 Å². The standard InChI is InChI=1S/C24H21ClFN3O5/c1-32-17-11-9-16(10-12-17)28-23(30)24(31)29-27-13-15-5-3-8-21(33-2)22(15)34-14-18-19(25)6-4-7-20(18)26/h3-13H,14H2,1-2H3,(H,28,30)(H,29,31)/b27-13-. The lowest BCUT2D eigenvalue weighted by Crippen LogP contribution is -2.32. The van der Waals surface area contributed by atoms with Gasteiger partial charge in [-0.2, -0.15) is 5.10 Å². The molecule has 0 saturated carbocycles. The molecule has 0 heterocycles. The number of hydrazone groups is 1. The summed E-state index contributed by atoms with van der Waals surface area (Å²) in [7, 11) is 2.97. The number of carbonyl (C=O) groups excluding carboxylic acids is 2. The predicted molar refractivity (Wildman–Crippen MR) is 126 cm³/mol. The summed E-state index contributed by atoms with van der Waals surface area (Å²) in [6, 6.07) is 15.8. The largest absolute Gasteiger partial charge is 0.497 e. The van der Waals surface area contributed by atoms with Crippen LogP contribution in [0.4, 0.5) is 10.1 Å². The summed E-state index contributed by atoms with van der Waals surface area (Å²) >= 11 is 6.06. The number of ether oxygens (including phenoxy) is 3. The fourth-order valence-corrected chi connectivity index (χ4v) is 3.06. The van der Waals surface area contributed by atoms with Crippen LogP contribution in [-0.2, 0) is 16.2 Å². The topological polar surface area (TPSA) is 98.2 Å². The second-order valence-corrected chi connectivity index (χ2v) is 7.16. The van der Waals surface area contributed by atoms with Crippen molar-refractivity contribution in [1.82, 2.24) is 5.43 Å². The van der Waals surface area contributed by atoms with E-state index in [-0.39, 0.29) is 22.9 Å². The Labute approximate surface area is 200 Å². The maximum atomic E-state index is 14.1. The molecular weight excluding hydrogens is 465 g/mol. The van der Waals surface area contributed by atoms with Crippen molar-refractivity contribution in [1.29, 1.82) is 0 Å². The molecule has 34 heavy (non-hydrogen) atoms. The highest BCUT2D eigenvalue weighted by atomic mass is 35.5. The Morgan fingerprint density at radius 2 is 1.74 bits per heavy atom. The van der Waals surface area contributed by atoms with E-state index in [1.807, 2.05) is 0 Å². The number of hydrogen-bond acceptors (Lipinski definition) is 6. The minimum absolute atomic E-state index is 0.163. The molecule has 0 fully saturated rings. The molecule has 3 aromatic rings. The van der Waals surface area contributed by atoms with Crippen LogP contribution in [0.25, 0.3) is 0 Å². The summed E-state index contributed by atoms with van der Waals surface area (Å²) in [5.41, 5.74) is 3.16. The highest BCUT2D eigenvalue weighted by Crippen LogP contribution is 2.32. The van der Waals surface area contributed by atoms with Gasteiger partial charge in [0.2, 0.25) is 0 Å². The Bertz CT molecular complexity index is 1180. The Balaban J connectivity index is 1.67. The molecule has 0 atom stereocenters. The SMILES string of the molecule is COc1ccc(NC(=O)C(=O)N/N=C\c2cccc(OC)c2OCc2c(F)cccc2Cl)cc1. The van der Waals surface area contributed by atoms with E-state index in [9.17, 15) is 14.0 Å². The molecule has 176 valence electrons. The van der Waals surface area contributed by atoms with Crippen LogP contribution in [0.2, 0.25) is 5.02 Å². The molecule has 0 unspecified atom stereocenters. The molecule has 2 N–H and O–H groups in total. The number of rotatable bonds is 8. The molecular formula is C24H21ClFN3O5. The van der Waals surface area contributed by atoms with Crippen molar-refractivity contribution in [3.63, 3.8) is 0 Å². The lowest BCUT2D eigenvalue weighted by Gasteiger charge is -2.14. The van der Waals surface area contributed by atoms with Gasteiger partial charge in [0.1, 0.15) is 18.2 Å². The third kappa shape index (κ3) is 6.23. The summed E-state index contributed by atoms with van der Waals surface area (Å²) in [6.45, 7) is -0.163. The van der Waals surface area contributed by atoms with E-state index in [0.29, 0.717) is 22.7 Å². The zero-order valence-corrected chi connectivity index (χ0v) is 19.1. The molecule has 10 heteroatoms. The van der Waals surface area contributed by atoms with Crippen LogP contribution < -0.4 is 25.0 Å². The average Bonchev–Trinajstić information content (AvgIpc) is 2.84. The second-order valence-electron chi connectivity index (χ2n) is 6.75. The maximum absolute atomic E-state index is 14.1. The van der Waals surface area contributed by atoms with Gasteiger partial charge in [0.05, 0.1) is 25.5 Å². The van der Waals surface area contributed by atoms with Gasteiger partial charge in [-0.15, -0.1) is 0 Å². The average molecular weight is 486 g/mol. The van der Waals surface area contributed by atoms with Gasteiger partial charge >= 0.3 is 11.8 Å². The van der Waals surface area contributed by atoms with E-state index in [0.717, 1.165) is 0 Å². The molecule has 2 amide bonds. The zero-order valence-electron chi connectivity index (χ0n) is 18.3. The molecule has 0 spiro atoms. The first-order valence-electron chi connectivity index (χ1n) is 9.94. The van der Waals surface area contributed by atoms with Crippen molar-refractivity contribution in [3.05, 3.63) is 82.6 Å². The Morgan fingerprint density at radius 3 is 2.41 bits per heavy atom. The van der Waals surface area contributed by atoms with E-state index < -0.39 is 17.6 Å². The molecule has 0 saturated heterocycles.